The van der Waals surface area contributed by atoms with Crippen molar-refractivity contribution < 1.29 is 0 Å². The van der Waals surface area contributed by atoms with Crippen molar-refractivity contribution in [1.29, 1.82) is 0 Å². The van der Waals surface area contributed by atoms with Crippen LogP contribution in [-0.2, 0) is 19.3 Å². The third-order valence-electron chi connectivity index (χ3n) is 6.19. The summed E-state index contributed by atoms with van der Waals surface area (Å²) in [6.07, 6.45) is 5.14. The van der Waals surface area contributed by atoms with E-state index in [0.29, 0.717) is 0 Å². The van der Waals surface area contributed by atoms with Crippen LogP contribution in [0.5, 0.6) is 0 Å². The van der Waals surface area contributed by atoms with Gasteiger partial charge in [0.25, 0.3) is 0 Å². The predicted molar refractivity (Wildman–Crippen MR) is 95.6 cm³/mol. The minimum absolute atomic E-state index is 0.721. The molecule has 0 heteroatoms. The summed E-state index contributed by atoms with van der Waals surface area (Å²) in [5.74, 6) is 2.98. The fraction of sp³-hybridized carbons (Fsp3) is 0.545. The van der Waals surface area contributed by atoms with Gasteiger partial charge in [0.2, 0.25) is 0 Å². The Kier molecular flexibility index (Phi) is 3.33. The normalized spacial score (nSPS) is 23.5. The van der Waals surface area contributed by atoms with Gasteiger partial charge in [-0.2, -0.15) is 0 Å². The first-order chi connectivity index (χ1) is 10.6. The van der Waals surface area contributed by atoms with Crippen molar-refractivity contribution >= 4 is 10.8 Å². The summed E-state index contributed by atoms with van der Waals surface area (Å²) in [5.41, 5.74) is 6.48. The molecule has 116 valence electrons. The minimum Gasteiger partial charge on any atom is -0.0625 e. The van der Waals surface area contributed by atoms with Gasteiger partial charge in [0.15, 0.2) is 0 Å². The number of rotatable bonds is 2. The first kappa shape index (κ1) is 14.3. The Morgan fingerprint density at radius 1 is 0.773 bits per heavy atom. The van der Waals surface area contributed by atoms with E-state index in [9.17, 15) is 0 Å². The Balaban J connectivity index is 2.02. The summed E-state index contributed by atoms with van der Waals surface area (Å²) < 4.78 is 0. The standard InChI is InChI=1S/C22H28/c1-13(2)19-12-17-9-8-15-6-5-7-16-10-11-18(20(19)14(3)4)22(17)21(15)16/h8-11,13-14,19-20H,5-7,12H2,1-4H3. The Morgan fingerprint density at radius 3 is 2.05 bits per heavy atom. The summed E-state index contributed by atoms with van der Waals surface area (Å²) in [4.78, 5) is 0. The molecule has 4 rings (SSSR count). The molecule has 2 aromatic carbocycles. The van der Waals surface area contributed by atoms with Crippen LogP contribution < -0.4 is 0 Å². The molecular weight excluding hydrogens is 264 g/mol. The lowest BCUT2D eigenvalue weighted by atomic mass is 9.65. The second-order valence-corrected chi connectivity index (χ2v) is 8.18. The summed E-state index contributed by atoms with van der Waals surface area (Å²) in [6.45, 7) is 9.66. The van der Waals surface area contributed by atoms with Gasteiger partial charge < -0.3 is 0 Å². The quantitative estimate of drug-likeness (QED) is 0.646. The largest absolute Gasteiger partial charge is 0.0625 e. The predicted octanol–water partition coefficient (Wildman–Crippen LogP) is 5.90. The number of aryl methyl sites for hydroxylation is 2. The molecule has 0 radical (unpaired) electrons. The van der Waals surface area contributed by atoms with Crippen LogP contribution in [-0.4, -0.2) is 0 Å². The summed E-state index contributed by atoms with van der Waals surface area (Å²) in [7, 11) is 0. The van der Waals surface area contributed by atoms with Gasteiger partial charge >= 0.3 is 0 Å². The van der Waals surface area contributed by atoms with Crippen LogP contribution in [0.4, 0.5) is 0 Å². The van der Waals surface area contributed by atoms with Gasteiger partial charge in [-0.05, 0) is 82.4 Å². The Labute approximate surface area is 134 Å². The van der Waals surface area contributed by atoms with Crippen molar-refractivity contribution in [3.8, 4) is 0 Å². The highest BCUT2D eigenvalue weighted by molar-refractivity contribution is 5.96. The third kappa shape index (κ3) is 1.96. The van der Waals surface area contributed by atoms with Crippen molar-refractivity contribution in [3.05, 3.63) is 46.5 Å². The molecule has 2 atom stereocenters. The average Bonchev–Trinajstić information content (AvgIpc) is 2.51. The second-order valence-electron chi connectivity index (χ2n) is 8.18. The zero-order chi connectivity index (χ0) is 15.4. The maximum absolute atomic E-state index is 2.48. The highest BCUT2D eigenvalue weighted by Gasteiger charge is 2.35. The maximum Gasteiger partial charge on any atom is -0.00987 e. The van der Waals surface area contributed by atoms with E-state index in [4.69, 9.17) is 0 Å². The maximum atomic E-state index is 2.48. The average molecular weight is 292 g/mol. The van der Waals surface area contributed by atoms with E-state index >= 15 is 0 Å². The van der Waals surface area contributed by atoms with E-state index in [1.165, 1.54) is 25.7 Å². The smallest absolute Gasteiger partial charge is 0.00987 e. The van der Waals surface area contributed by atoms with Gasteiger partial charge in [-0.3, -0.25) is 0 Å². The second kappa shape index (κ2) is 5.11. The Bertz CT molecular complexity index is 710. The molecule has 2 aliphatic rings. The number of hydrogen-bond donors (Lipinski definition) is 0. The molecule has 22 heavy (non-hydrogen) atoms. The van der Waals surface area contributed by atoms with Crippen LogP contribution in [0.3, 0.4) is 0 Å². The molecule has 2 aliphatic carbocycles. The highest BCUT2D eigenvalue weighted by atomic mass is 14.4. The van der Waals surface area contributed by atoms with Gasteiger partial charge in [0, 0.05) is 0 Å². The van der Waals surface area contributed by atoms with E-state index in [0.717, 1.165) is 23.7 Å². The van der Waals surface area contributed by atoms with Gasteiger partial charge in [-0.25, -0.2) is 0 Å². The van der Waals surface area contributed by atoms with Crippen molar-refractivity contribution in [3.63, 3.8) is 0 Å². The molecule has 0 bridgehead atoms. The zero-order valence-electron chi connectivity index (χ0n) is 14.4. The van der Waals surface area contributed by atoms with Crippen molar-refractivity contribution in [2.75, 3.05) is 0 Å². The Morgan fingerprint density at radius 2 is 1.41 bits per heavy atom. The van der Waals surface area contributed by atoms with Crippen LogP contribution in [0.25, 0.3) is 10.8 Å². The molecular formula is C22H28. The summed E-state index contributed by atoms with van der Waals surface area (Å²) >= 11 is 0. The molecule has 0 spiro atoms. The van der Waals surface area contributed by atoms with Gasteiger partial charge in [-0.15, -0.1) is 0 Å². The monoisotopic (exact) mass is 292 g/mol. The molecule has 2 aromatic rings. The van der Waals surface area contributed by atoms with Gasteiger partial charge in [0.1, 0.15) is 0 Å². The lowest BCUT2D eigenvalue weighted by Gasteiger charge is -2.39. The van der Waals surface area contributed by atoms with Crippen molar-refractivity contribution in [1.82, 2.24) is 0 Å². The molecule has 0 fully saturated rings. The van der Waals surface area contributed by atoms with E-state index in [1.54, 1.807) is 33.0 Å². The third-order valence-corrected chi connectivity index (χ3v) is 6.19. The highest BCUT2D eigenvalue weighted by Crippen LogP contribution is 2.48. The van der Waals surface area contributed by atoms with E-state index < -0.39 is 0 Å². The molecule has 0 aliphatic heterocycles. The van der Waals surface area contributed by atoms with Crippen LogP contribution >= 0.6 is 0 Å². The van der Waals surface area contributed by atoms with Gasteiger partial charge in [0.05, 0.1) is 0 Å². The molecule has 0 nitrogen and oxygen atoms in total. The fourth-order valence-electron chi connectivity index (χ4n) is 5.19. The molecule has 0 N–H and O–H groups in total. The molecule has 0 aromatic heterocycles. The topological polar surface area (TPSA) is 0 Å². The van der Waals surface area contributed by atoms with Crippen LogP contribution in [0.15, 0.2) is 24.3 Å². The first-order valence-corrected chi connectivity index (χ1v) is 9.14. The van der Waals surface area contributed by atoms with E-state index in [-0.39, 0.29) is 0 Å². The van der Waals surface area contributed by atoms with Crippen LogP contribution in [0, 0.1) is 17.8 Å². The number of hydrogen-bond acceptors (Lipinski definition) is 0. The summed E-state index contributed by atoms with van der Waals surface area (Å²) in [5, 5.41) is 3.28. The van der Waals surface area contributed by atoms with Crippen LogP contribution in [0.2, 0.25) is 0 Å². The lowest BCUT2D eigenvalue weighted by molar-refractivity contribution is 0.261. The molecule has 0 amide bonds. The molecule has 0 heterocycles. The summed E-state index contributed by atoms with van der Waals surface area (Å²) in [6, 6.07) is 9.80. The van der Waals surface area contributed by atoms with Gasteiger partial charge in [-0.1, -0.05) is 52.0 Å². The molecule has 0 saturated carbocycles. The molecule has 2 unspecified atom stereocenters. The zero-order valence-corrected chi connectivity index (χ0v) is 14.4. The SMILES string of the molecule is CC(C)C1Cc2ccc3c4c(ccc(c24)C1C(C)C)CCC3. The minimum atomic E-state index is 0.721. The lowest BCUT2D eigenvalue weighted by Crippen LogP contribution is -2.29. The molecule has 0 saturated heterocycles. The number of benzene rings is 2. The Hall–Kier alpha value is -1.30. The first-order valence-electron chi connectivity index (χ1n) is 9.14. The van der Waals surface area contributed by atoms with Crippen molar-refractivity contribution in [2.45, 2.75) is 59.3 Å². The van der Waals surface area contributed by atoms with Crippen LogP contribution in [0.1, 0.15) is 62.3 Å². The fourth-order valence-corrected chi connectivity index (χ4v) is 5.19. The van der Waals surface area contributed by atoms with E-state index in [1.807, 2.05) is 0 Å². The van der Waals surface area contributed by atoms with E-state index in [2.05, 4.69) is 52.0 Å². The van der Waals surface area contributed by atoms with Crippen molar-refractivity contribution in [2.24, 2.45) is 17.8 Å².